The van der Waals surface area contributed by atoms with Crippen molar-refractivity contribution in [3.63, 3.8) is 0 Å². The minimum absolute atomic E-state index is 0.0427. The van der Waals surface area contributed by atoms with Crippen LogP contribution in [0, 0.1) is 11.3 Å². The highest BCUT2D eigenvalue weighted by Crippen LogP contribution is 2.54. The molecule has 0 aliphatic heterocycles. The third kappa shape index (κ3) is 6.69. The maximum absolute atomic E-state index is 12.5. The van der Waals surface area contributed by atoms with Gasteiger partial charge >= 0.3 is 11.9 Å². The Hall–Kier alpha value is -4.46. The van der Waals surface area contributed by atoms with Crippen molar-refractivity contribution < 1.29 is 38.7 Å². The average Bonchev–Trinajstić information content (AvgIpc) is 2.98. The lowest BCUT2D eigenvalue weighted by Crippen LogP contribution is -2.49. The van der Waals surface area contributed by atoms with Crippen LogP contribution in [0.25, 0.3) is 6.08 Å². The lowest BCUT2D eigenvalue weighted by molar-refractivity contribution is -0.160. The summed E-state index contributed by atoms with van der Waals surface area (Å²) in [6, 6.07) is 19.0. The SMILES string of the molecule is COc1cc([C@@H]2C[C@@H](OC(C)=O)C[C@@H](OC(C)=O)[C@@H]3Cc4cc(OC)c(O)cc4C[C@]3(C=Cc3ccccc3)C2)ccc1O. The zero-order valence-electron chi connectivity index (χ0n) is 25.6. The van der Waals surface area contributed by atoms with E-state index in [9.17, 15) is 19.8 Å². The molecule has 2 aliphatic rings. The second kappa shape index (κ2) is 13.0. The number of phenols is 2. The normalized spacial score (nSPS) is 24.7. The van der Waals surface area contributed by atoms with Gasteiger partial charge in [-0.05, 0) is 83.5 Å². The number of carbonyl (C=O) groups excluding carboxylic acids is 2. The van der Waals surface area contributed by atoms with Crippen LogP contribution in [0.3, 0.4) is 0 Å². The molecule has 0 heterocycles. The van der Waals surface area contributed by atoms with Gasteiger partial charge in [-0.2, -0.15) is 0 Å². The Labute approximate surface area is 258 Å². The molecule has 232 valence electrons. The molecular formula is C36H40O8. The van der Waals surface area contributed by atoms with E-state index in [0.717, 1.165) is 22.3 Å². The number of ether oxygens (including phenoxy) is 4. The summed E-state index contributed by atoms with van der Waals surface area (Å²) in [5, 5.41) is 21.1. The predicted molar refractivity (Wildman–Crippen MR) is 166 cm³/mol. The van der Waals surface area contributed by atoms with Crippen molar-refractivity contribution in [1.29, 1.82) is 0 Å². The number of hydrogen-bond donors (Lipinski definition) is 2. The molecular weight excluding hydrogens is 560 g/mol. The van der Waals surface area contributed by atoms with E-state index >= 15 is 0 Å². The second-order valence-electron chi connectivity index (χ2n) is 11.9. The topological polar surface area (TPSA) is 112 Å². The van der Waals surface area contributed by atoms with E-state index in [4.69, 9.17) is 18.9 Å². The minimum atomic E-state index is -0.541. The first-order valence-electron chi connectivity index (χ1n) is 14.9. The molecule has 3 aromatic rings. The van der Waals surface area contributed by atoms with Gasteiger partial charge in [0.15, 0.2) is 23.0 Å². The van der Waals surface area contributed by atoms with Crippen molar-refractivity contribution in [3.8, 4) is 23.0 Å². The Balaban J connectivity index is 1.71. The van der Waals surface area contributed by atoms with Crippen molar-refractivity contribution in [1.82, 2.24) is 0 Å². The molecule has 1 saturated carbocycles. The Morgan fingerprint density at radius 1 is 0.841 bits per heavy atom. The lowest BCUT2D eigenvalue weighted by atomic mass is 9.56. The highest BCUT2D eigenvalue weighted by molar-refractivity contribution is 5.67. The molecule has 5 rings (SSSR count). The van der Waals surface area contributed by atoms with E-state index in [1.165, 1.54) is 28.1 Å². The van der Waals surface area contributed by atoms with Crippen LogP contribution in [0.4, 0.5) is 0 Å². The van der Waals surface area contributed by atoms with Gasteiger partial charge in [0.05, 0.1) is 14.2 Å². The maximum atomic E-state index is 12.5. The lowest BCUT2D eigenvalue weighted by Gasteiger charge is -2.50. The summed E-state index contributed by atoms with van der Waals surface area (Å²) in [6.45, 7) is 2.80. The van der Waals surface area contributed by atoms with Crippen LogP contribution in [0.1, 0.15) is 61.3 Å². The fourth-order valence-electron chi connectivity index (χ4n) is 7.16. The van der Waals surface area contributed by atoms with Crippen molar-refractivity contribution in [2.45, 2.75) is 64.1 Å². The average molecular weight is 601 g/mol. The van der Waals surface area contributed by atoms with Crippen molar-refractivity contribution in [2.75, 3.05) is 14.2 Å². The van der Waals surface area contributed by atoms with Gasteiger partial charge in [0, 0.05) is 26.2 Å². The van der Waals surface area contributed by atoms with E-state index in [1.54, 1.807) is 12.1 Å². The maximum Gasteiger partial charge on any atom is 0.302 e. The zero-order chi connectivity index (χ0) is 31.4. The highest BCUT2D eigenvalue weighted by atomic mass is 16.6. The summed E-state index contributed by atoms with van der Waals surface area (Å²) >= 11 is 0. The first kappa shape index (κ1) is 31.0. The number of fused-ring (bicyclic) bond motifs is 2. The highest BCUT2D eigenvalue weighted by Gasteiger charge is 2.50. The fraction of sp³-hybridized carbons (Fsp3) is 0.389. The van der Waals surface area contributed by atoms with Gasteiger partial charge in [-0.3, -0.25) is 9.59 Å². The molecule has 44 heavy (non-hydrogen) atoms. The molecule has 1 fully saturated rings. The Morgan fingerprint density at radius 3 is 2.23 bits per heavy atom. The minimum Gasteiger partial charge on any atom is -0.504 e. The fourth-order valence-corrected chi connectivity index (χ4v) is 7.16. The molecule has 0 amide bonds. The Kier molecular flexibility index (Phi) is 9.18. The summed E-state index contributed by atoms with van der Waals surface area (Å²) in [5.74, 6) is -0.224. The van der Waals surface area contributed by atoms with E-state index in [1.807, 2.05) is 48.5 Å². The molecule has 0 radical (unpaired) electrons. The molecule has 0 aromatic heterocycles. The number of benzene rings is 3. The summed E-state index contributed by atoms with van der Waals surface area (Å²) in [4.78, 5) is 24.8. The van der Waals surface area contributed by atoms with E-state index in [0.29, 0.717) is 43.6 Å². The van der Waals surface area contributed by atoms with E-state index < -0.39 is 29.6 Å². The van der Waals surface area contributed by atoms with Gasteiger partial charge in [-0.15, -0.1) is 0 Å². The Morgan fingerprint density at radius 2 is 1.55 bits per heavy atom. The summed E-state index contributed by atoms with van der Waals surface area (Å²) in [5.41, 5.74) is 3.46. The number of rotatable bonds is 7. The first-order valence-corrected chi connectivity index (χ1v) is 14.9. The molecule has 0 saturated heterocycles. The summed E-state index contributed by atoms with van der Waals surface area (Å²) < 4.78 is 22.8. The number of methoxy groups -OCH3 is 2. The van der Waals surface area contributed by atoms with Gasteiger partial charge in [-0.25, -0.2) is 0 Å². The third-order valence-electron chi connectivity index (χ3n) is 9.05. The van der Waals surface area contributed by atoms with Crippen LogP contribution in [-0.4, -0.2) is 48.6 Å². The van der Waals surface area contributed by atoms with Gasteiger partial charge in [0.1, 0.15) is 12.2 Å². The number of hydrogen-bond acceptors (Lipinski definition) is 8. The predicted octanol–water partition coefficient (Wildman–Crippen LogP) is 6.36. The van der Waals surface area contributed by atoms with Crippen LogP contribution in [0.2, 0.25) is 0 Å². The van der Waals surface area contributed by atoms with Crippen molar-refractivity contribution in [3.05, 3.63) is 89.0 Å². The molecule has 0 spiro atoms. The van der Waals surface area contributed by atoms with Gasteiger partial charge in [-0.1, -0.05) is 48.6 Å². The molecule has 8 nitrogen and oxygen atoms in total. The largest absolute Gasteiger partial charge is 0.504 e. The molecule has 3 aromatic carbocycles. The smallest absolute Gasteiger partial charge is 0.302 e. The molecule has 0 bridgehead atoms. The zero-order valence-corrected chi connectivity index (χ0v) is 25.6. The first-order chi connectivity index (χ1) is 21.1. The van der Waals surface area contributed by atoms with E-state index in [2.05, 4.69) is 12.2 Å². The molecule has 8 heteroatoms. The monoisotopic (exact) mass is 600 g/mol. The van der Waals surface area contributed by atoms with Crippen LogP contribution < -0.4 is 9.47 Å². The van der Waals surface area contributed by atoms with Crippen LogP contribution in [0.15, 0.2) is 66.7 Å². The standard InChI is InChI=1S/C36H40O8/c1-22(37)43-29-14-27(25-10-11-31(39)34(17-25)41-3)20-36(13-12-24-8-6-5-7-9-24)21-28-16-32(40)35(42-4)18-26(28)15-30(36)33(19-29)44-23(2)38/h5-13,16-18,27,29-30,33,39-40H,14-15,19-21H2,1-4H3/t27-,29-,30+,33-,36+/m1/s1. The molecule has 2 N–H and O–H groups in total. The number of phenolic OH excluding ortho intramolecular Hbond substituents is 2. The Bertz CT molecular complexity index is 1530. The van der Waals surface area contributed by atoms with Gasteiger partial charge in [0.25, 0.3) is 0 Å². The molecule has 2 aliphatic carbocycles. The number of aromatic hydroxyl groups is 2. The van der Waals surface area contributed by atoms with Crippen molar-refractivity contribution in [2.24, 2.45) is 11.3 Å². The van der Waals surface area contributed by atoms with Crippen molar-refractivity contribution >= 4 is 18.0 Å². The second-order valence-corrected chi connectivity index (χ2v) is 11.9. The van der Waals surface area contributed by atoms with Crippen LogP contribution in [-0.2, 0) is 31.9 Å². The quantitative estimate of drug-likeness (QED) is 0.302. The number of carbonyl (C=O) groups is 2. The van der Waals surface area contributed by atoms with Crippen LogP contribution in [0.5, 0.6) is 23.0 Å². The number of allylic oxidation sites excluding steroid dienone is 1. The summed E-state index contributed by atoms with van der Waals surface area (Å²) in [7, 11) is 3.04. The van der Waals surface area contributed by atoms with Gasteiger partial charge < -0.3 is 29.2 Å². The van der Waals surface area contributed by atoms with Gasteiger partial charge in [0.2, 0.25) is 0 Å². The molecule has 0 unspecified atom stereocenters. The summed E-state index contributed by atoms with van der Waals surface area (Å²) in [6.07, 6.45) is 5.89. The third-order valence-corrected chi connectivity index (χ3v) is 9.05. The van der Waals surface area contributed by atoms with E-state index in [-0.39, 0.29) is 23.3 Å². The molecule has 5 atom stereocenters. The number of esters is 2. The van der Waals surface area contributed by atoms with Crippen LogP contribution >= 0.6 is 0 Å².